The summed E-state index contributed by atoms with van der Waals surface area (Å²) in [5.74, 6) is 6.15. The number of fused-ring (bicyclic) bond motifs is 1. The van der Waals surface area contributed by atoms with E-state index in [1.54, 1.807) is 32.3 Å². The molecule has 1 aliphatic heterocycles. The lowest BCUT2D eigenvalue weighted by Gasteiger charge is -2.34. The lowest BCUT2D eigenvalue weighted by Crippen LogP contribution is -2.49. The summed E-state index contributed by atoms with van der Waals surface area (Å²) in [5, 5.41) is 2.89. The van der Waals surface area contributed by atoms with Gasteiger partial charge < -0.3 is 15.0 Å². The highest BCUT2D eigenvalue weighted by atomic mass is 19.4. The summed E-state index contributed by atoms with van der Waals surface area (Å²) in [7, 11) is 1.46. The Balaban J connectivity index is 1.76. The predicted molar refractivity (Wildman–Crippen MR) is 148 cm³/mol. The molecule has 1 fully saturated rings. The fraction of sp³-hybridized carbons (Fsp3) is 0.500. The van der Waals surface area contributed by atoms with Crippen molar-refractivity contribution in [3.05, 3.63) is 56.2 Å². The fourth-order valence-corrected chi connectivity index (χ4v) is 4.83. The second-order valence-electron chi connectivity index (χ2n) is 11.0. The van der Waals surface area contributed by atoms with Gasteiger partial charge >= 0.3 is 18.0 Å². The van der Waals surface area contributed by atoms with Gasteiger partial charge in [0.2, 0.25) is 5.95 Å². The molecule has 1 atom stereocenters. The summed E-state index contributed by atoms with van der Waals surface area (Å²) in [4.78, 5) is 45.9. The van der Waals surface area contributed by atoms with Crippen molar-refractivity contribution in [2.24, 2.45) is 7.05 Å². The Kier molecular flexibility index (Phi) is 8.24. The fourth-order valence-electron chi connectivity index (χ4n) is 4.83. The second-order valence-corrected chi connectivity index (χ2v) is 11.0. The Morgan fingerprint density at radius 2 is 1.93 bits per heavy atom. The second kappa shape index (κ2) is 11.3. The summed E-state index contributed by atoms with van der Waals surface area (Å²) in [6.07, 6.45) is -3.66. The Morgan fingerprint density at radius 1 is 1.20 bits per heavy atom. The van der Waals surface area contributed by atoms with Gasteiger partial charge in [0.1, 0.15) is 5.60 Å². The molecule has 0 bridgehead atoms. The SMILES string of the molecule is CC#CCn1c(N2CCC[C@@H](NC(=O)OC(C)(C)C)C2)nc2c1c(=O)n(Cc1cccc(C(F)(F)F)c1)c(=O)n2C. The Morgan fingerprint density at radius 3 is 2.59 bits per heavy atom. The van der Waals surface area contributed by atoms with Crippen LogP contribution in [0.25, 0.3) is 11.2 Å². The third-order valence-electron chi connectivity index (χ3n) is 6.65. The molecule has 3 heterocycles. The molecule has 10 nitrogen and oxygen atoms in total. The van der Waals surface area contributed by atoms with Crippen LogP contribution in [-0.4, -0.2) is 49.5 Å². The van der Waals surface area contributed by atoms with Crippen molar-refractivity contribution < 1.29 is 22.7 Å². The number of piperidine rings is 1. The number of benzene rings is 1. The number of carbonyl (C=O) groups is 1. The average molecular weight is 575 g/mol. The number of aryl methyl sites for hydroxylation is 1. The lowest BCUT2D eigenvalue weighted by atomic mass is 10.1. The van der Waals surface area contributed by atoms with Crippen LogP contribution >= 0.6 is 0 Å². The van der Waals surface area contributed by atoms with Crippen molar-refractivity contribution >= 4 is 23.2 Å². The van der Waals surface area contributed by atoms with Crippen LogP contribution in [0.5, 0.6) is 0 Å². The highest BCUT2D eigenvalue weighted by molar-refractivity contribution is 5.75. The molecule has 3 aromatic rings. The first-order chi connectivity index (χ1) is 19.2. The molecule has 1 N–H and O–H groups in total. The zero-order valence-electron chi connectivity index (χ0n) is 23.6. The molecule has 41 heavy (non-hydrogen) atoms. The molecule has 2 aromatic heterocycles. The molecule has 0 unspecified atom stereocenters. The number of hydrogen-bond donors (Lipinski definition) is 1. The standard InChI is InChI=1S/C28H33F3N6O4/c1-6-7-14-36-21-22(33-24(36)35-13-9-12-20(17-35)32-25(39)41-27(2,3)4)34(5)26(40)37(23(21)38)16-18-10-8-11-19(15-18)28(29,30)31/h8,10-11,15,20H,9,12-14,16-17H2,1-5H3,(H,32,39)/t20-/m1/s1. The van der Waals surface area contributed by atoms with E-state index in [2.05, 4.69) is 22.1 Å². The monoisotopic (exact) mass is 574 g/mol. The predicted octanol–water partition coefficient (Wildman–Crippen LogP) is 3.48. The number of nitrogens with one attached hydrogen (secondary N) is 1. The van der Waals surface area contributed by atoms with Crippen LogP contribution in [0.4, 0.5) is 23.9 Å². The van der Waals surface area contributed by atoms with E-state index in [-0.39, 0.29) is 35.9 Å². The molecule has 0 spiro atoms. The van der Waals surface area contributed by atoms with Crippen molar-refractivity contribution in [3.63, 3.8) is 0 Å². The average Bonchev–Trinajstić information content (AvgIpc) is 3.27. The number of anilines is 1. The Labute approximate surface area is 234 Å². The molecule has 0 aliphatic carbocycles. The van der Waals surface area contributed by atoms with Crippen molar-refractivity contribution in [3.8, 4) is 11.8 Å². The molecular weight excluding hydrogens is 541 g/mol. The molecule has 0 radical (unpaired) electrons. The minimum Gasteiger partial charge on any atom is -0.444 e. The van der Waals surface area contributed by atoms with Gasteiger partial charge in [-0.25, -0.2) is 9.59 Å². The van der Waals surface area contributed by atoms with Crippen LogP contribution in [0.2, 0.25) is 0 Å². The van der Waals surface area contributed by atoms with E-state index in [9.17, 15) is 27.6 Å². The first-order valence-electron chi connectivity index (χ1n) is 13.2. The van der Waals surface area contributed by atoms with Crippen LogP contribution in [0, 0.1) is 11.8 Å². The summed E-state index contributed by atoms with van der Waals surface area (Å²) in [6.45, 7) is 7.71. The number of rotatable bonds is 5. The molecule has 13 heteroatoms. The minimum atomic E-state index is -4.56. The number of alkyl halides is 3. The van der Waals surface area contributed by atoms with E-state index in [0.717, 1.165) is 23.1 Å². The highest BCUT2D eigenvalue weighted by Crippen LogP contribution is 2.29. The van der Waals surface area contributed by atoms with Crippen LogP contribution in [-0.2, 0) is 31.1 Å². The molecule has 1 aliphatic rings. The first kappa shape index (κ1) is 29.8. The zero-order chi connectivity index (χ0) is 30.1. The van der Waals surface area contributed by atoms with Gasteiger partial charge in [-0.3, -0.25) is 18.5 Å². The normalized spacial score (nSPS) is 15.9. The number of aromatic nitrogens is 4. The maximum atomic E-state index is 13.7. The Hall–Kier alpha value is -4.21. The summed E-state index contributed by atoms with van der Waals surface area (Å²) in [6, 6.07) is 4.28. The van der Waals surface area contributed by atoms with E-state index in [0.29, 0.717) is 25.5 Å². The van der Waals surface area contributed by atoms with Crippen LogP contribution in [0.1, 0.15) is 51.7 Å². The molecule has 220 valence electrons. The number of amides is 1. The number of halogens is 3. The molecule has 1 amide bonds. The molecule has 1 aromatic carbocycles. The smallest absolute Gasteiger partial charge is 0.416 e. The number of imidazole rings is 1. The zero-order valence-corrected chi connectivity index (χ0v) is 23.6. The number of nitrogens with zero attached hydrogens (tertiary/aromatic N) is 5. The van der Waals surface area contributed by atoms with Gasteiger partial charge in [-0.05, 0) is 58.2 Å². The van der Waals surface area contributed by atoms with Gasteiger partial charge in [0.05, 0.1) is 18.7 Å². The highest BCUT2D eigenvalue weighted by Gasteiger charge is 2.31. The van der Waals surface area contributed by atoms with Gasteiger partial charge in [-0.15, -0.1) is 5.92 Å². The van der Waals surface area contributed by atoms with Crippen molar-refractivity contribution in [1.82, 2.24) is 24.0 Å². The Bertz CT molecular complexity index is 1640. The number of hydrogen-bond acceptors (Lipinski definition) is 6. The number of ether oxygens (including phenoxy) is 1. The first-order valence-corrected chi connectivity index (χ1v) is 13.2. The molecule has 4 rings (SSSR count). The summed E-state index contributed by atoms with van der Waals surface area (Å²) in [5.41, 5.74) is -2.51. The van der Waals surface area contributed by atoms with Gasteiger partial charge in [-0.2, -0.15) is 18.2 Å². The quantitative estimate of drug-likeness (QED) is 0.468. The van der Waals surface area contributed by atoms with Gasteiger partial charge in [0.25, 0.3) is 5.56 Å². The lowest BCUT2D eigenvalue weighted by molar-refractivity contribution is -0.137. The van der Waals surface area contributed by atoms with Gasteiger partial charge in [-0.1, -0.05) is 18.1 Å². The summed E-state index contributed by atoms with van der Waals surface area (Å²) < 4.78 is 48.9. The van der Waals surface area contributed by atoms with E-state index in [4.69, 9.17) is 4.74 Å². The van der Waals surface area contributed by atoms with Gasteiger partial charge in [0.15, 0.2) is 11.2 Å². The maximum absolute atomic E-state index is 13.7. The van der Waals surface area contributed by atoms with E-state index in [1.165, 1.54) is 23.7 Å². The van der Waals surface area contributed by atoms with E-state index in [1.807, 2.05) is 4.90 Å². The minimum absolute atomic E-state index is 0.0972. The van der Waals surface area contributed by atoms with Crippen LogP contribution in [0.15, 0.2) is 33.9 Å². The maximum Gasteiger partial charge on any atom is 0.416 e. The summed E-state index contributed by atoms with van der Waals surface area (Å²) >= 11 is 0. The van der Waals surface area contributed by atoms with Crippen molar-refractivity contribution in [2.45, 2.75) is 71.4 Å². The third kappa shape index (κ3) is 6.58. The van der Waals surface area contributed by atoms with Crippen LogP contribution < -0.4 is 21.5 Å². The van der Waals surface area contributed by atoms with Crippen LogP contribution in [0.3, 0.4) is 0 Å². The van der Waals surface area contributed by atoms with E-state index < -0.39 is 34.7 Å². The topological polar surface area (TPSA) is 103 Å². The molecule has 0 saturated carbocycles. The number of carbonyl (C=O) groups excluding carboxylic acids is 1. The van der Waals surface area contributed by atoms with Crippen molar-refractivity contribution in [1.29, 1.82) is 0 Å². The molecular formula is C28H33F3N6O4. The number of alkyl carbamates (subject to hydrolysis) is 1. The van der Waals surface area contributed by atoms with E-state index >= 15 is 0 Å². The van der Waals surface area contributed by atoms with Gasteiger partial charge in [0, 0.05) is 26.2 Å². The van der Waals surface area contributed by atoms with Crippen molar-refractivity contribution in [2.75, 3.05) is 18.0 Å². The molecule has 1 saturated heterocycles. The largest absolute Gasteiger partial charge is 0.444 e. The third-order valence-corrected chi connectivity index (χ3v) is 6.65.